The van der Waals surface area contributed by atoms with Gasteiger partial charge < -0.3 is 10.1 Å². The van der Waals surface area contributed by atoms with Crippen molar-refractivity contribution in [3.8, 4) is 5.75 Å². The maximum Gasteiger partial charge on any atom is 0.187 e. The number of methoxy groups -OCH3 is 1. The molecule has 2 aromatic heterocycles. The van der Waals surface area contributed by atoms with Crippen LogP contribution >= 0.6 is 34.4 Å². The first-order valence-electron chi connectivity index (χ1n) is 6.63. The zero-order valence-electron chi connectivity index (χ0n) is 12.2. The van der Waals surface area contributed by atoms with Crippen molar-refractivity contribution in [1.82, 2.24) is 9.97 Å². The molecule has 1 aromatic carbocycles. The summed E-state index contributed by atoms with van der Waals surface area (Å²) in [6, 6.07) is 7.81. The van der Waals surface area contributed by atoms with Gasteiger partial charge in [-0.15, -0.1) is 22.7 Å². The Bertz CT molecular complexity index is 737. The number of thioether (sulfide) groups is 1. The van der Waals surface area contributed by atoms with Crippen molar-refractivity contribution >= 4 is 45.3 Å². The standard InChI is InChI=1S/C15H15N3OS3/c1-10-7-21-15(16-10)22-9-12-8-20-14(18-12)17-11-3-5-13(19-2)6-4-11/h3-8H,9H2,1-2H3,(H,17,18). The van der Waals surface area contributed by atoms with Crippen molar-refractivity contribution in [2.45, 2.75) is 17.0 Å². The highest BCUT2D eigenvalue weighted by Gasteiger charge is 2.05. The third-order valence-corrected chi connectivity index (χ3v) is 5.81. The molecule has 1 N–H and O–H groups in total. The molecule has 0 bridgehead atoms. The fourth-order valence-electron chi connectivity index (χ4n) is 1.76. The lowest BCUT2D eigenvalue weighted by Crippen LogP contribution is -1.90. The molecule has 0 aliphatic heterocycles. The van der Waals surface area contributed by atoms with E-state index in [1.54, 1.807) is 41.5 Å². The molecule has 0 radical (unpaired) electrons. The van der Waals surface area contributed by atoms with E-state index < -0.39 is 0 Å². The average Bonchev–Trinajstić information content (AvgIpc) is 3.15. The Morgan fingerprint density at radius 1 is 1.14 bits per heavy atom. The summed E-state index contributed by atoms with van der Waals surface area (Å²) in [5.74, 6) is 1.69. The second kappa shape index (κ2) is 7.13. The maximum atomic E-state index is 5.15. The molecule has 0 aliphatic carbocycles. The lowest BCUT2D eigenvalue weighted by atomic mass is 10.3. The zero-order valence-corrected chi connectivity index (χ0v) is 14.6. The third kappa shape index (κ3) is 4.00. The molecule has 0 amide bonds. The summed E-state index contributed by atoms with van der Waals surface area (Å²) < 4.78 is 6.24. The van der Waals surface area contributed by atoms with E-state index in [1.807, 2.05) is 31.2 Å². The Labute approximate surface area is 141 Å². The van der Waals surface area contributed by atoms with Crippen LogP contribution in [0, 0.1) is 6.92 Å². The van der Waals surface area contributed by atoms with E-state index in [9.17, 15) is 0 Å². The molecular formula is C15H15N3OS3. The summed E-state index contributed by atoms with van der Waals surface area (Å²) in [6.45, 7) is 2.01. The molecule has 3 aromatic rings. The topological polar surface area (TPSA) is 47.0 Å². The summed E-state index contributed by atoms with van der Waals surface area (Å²) in [5, 5.41) is 8.36. The van der Waals surface area contributed by atoms with Crippen LogP contribution in [0.25, 0.3) is 0 Å². The minimum Gasteiger partial charge on any atom is -0.497 e. The number of rotatable bonds is 6. The first kappa shape index (κ1) is 15.3. The van der Waals surface area contributed by atoms with Gasteiger partial charge in [-0.2, -0.15) is 0 Å². The molecule has 2 heterocycles. The molecular weight excluding hydrogens is 334 g/mol. The fourth-order valence-corrected chi connectivity index (χ4v) is 4.34. The number of benzene rings is 1. The summed E-state index contributed by atoms with van der Waals surface area (Å²) in [4.78, 5) is 9.05. The number of hydrogen-bond donors (Lipinski definition) is 1. The quantitative estimate of drug-likeness (QED) is 0.638. The van der Waals surface area contributed by atoms with Crippen LogP contribution in [0.5, 0.6) is 5.75 Å². The highest BCUT2D eigenvalue weighted by Crippen LogP contribution is 2.28. The van der Waals surface area contributed by atoms with E-state index in [-0.39, 0.29) is 0 Å². The van der Waals surface area contributed by atoms with E-state index in [0.29, 0.717) is 0 Å². The summed E-state index contributed by atoms with van der Waals surface area (Å²) >= 11 is 5.02. The highest BCUT2D eigenvalue weighted by atomic mass is 32.2. The Kier molecular flexibility index (Phi) is 4.97. The Morgan fingerprint density at radius 3 is 2.64 bits per heavy atom. The molecule has 0 aliphatic rings. The third-order valence-electron chi connectivity index (χ3n) is 2.83. The van der Waals surface area contributed by atoms with Crippen LogP contribution < -0.4 is 10.1 Å². The van der Waals surface area contributed by atoms with Gasteiger partial charge in [0.1, 0.15) is 10.1 Å². The van der Waals surface area contributed by atoms with Crippen LogP contribution in [0.2, 0.25) is 0 Å². The Morgan fingerprint density at radius 2 is 1.95 bits per heavy atom. The lowest BCUT2D eigenvalue weighted by molar-refractivity contribution is 0.415. The van der Waals surface area contributed by atoms with Gasteiger partial charge in [0.2, 0.25) is 0 Å². The van der Waals surface area contributed by atoms with Gasteiger partial charge in [-0.25, -0.2) is 9.97 Å². The minimum atomic E-state index is 0.841. The summed E-state index contributed by atoms with van der Waals surface area (Å²) in [5.41, 5.74) is 3.15. The van der Waals surface area contributed by atoms with Gasteiger partial charge in [0, 0.05) is 27.9 Å². The number of aryl methyl sites for hydroxylation is 1. The molecule has 4 nitrogen and oxygen atoms in total. The van der Waals surface area contributed by atoms with Crippen molar-refractivity contribution < 1.29 is 4.74 Å². The van der Waals surface area contributed by atoms with Gasteiger partial charge in [0.05, 0.1) is 12.8 Å². The van der Waals surface area contributed by atoms with Crippen molar-refractivity contribution in [3.63, 3.8) is 0 Å². The predicted octanol–water partition coefficient (Wildman–Crippen LogP) is 4.95. The minimum absolute atomic E-state index is 0.841. The van der Waals surface area contributed by atoms with Crippen LogP contribution in [0.4, 0.5) is 10.8 Å². The first-order valence-corrected chi connectivity index (χ1v) is 9.38. The number of anilines is 2. The van der Waals surface area contributed by atoms with E-state index in [4.69, 9.17) is 4.74 Å². The SMILES string of the molecule is COc1ccc(Nc2nc(CSc3nc(C)cs3)cs2)cc1. The monoisotopic (exact) mass is 349 g/mol. The van der Waals surface area contributed by atoms with E-state index in [2.05, 4.69) is 26.0 Å². The van der Waals surface area contributed by atoms with Gasteiger partial charge in [0.25, 0.3) is 0 Å². The number of hydrogen-bond acceptors (Lipinski definition) is 7. The molecule has 0 saturated carbocycles. The van der Waals surface area contributed by atoms with Gasteiger partial charge in [-0.05, 0) is 31.2 Å². The van der Waals surface area contributed by atoms with Crippen molar-refractivity contribution in [3.05, 3.63) is 46.4 Å². The summed E-state index contributed by atoms with van der Waals surface area (Å²) in [7, 11) is 1.66. The molecule has 3 rings (SSSR count). The molecule has 0 spiro atoms. The second-order valence-electron chi connectivity index (χ2n) is 4.54. The first-order chi connectivity index (χ1) is 10.7. The predicted molar refractivity (Wildman–Crippen MR) is 94.8 cm³/mol. The van der Waals surface area contributed by atoms with Crippen LogP contribution in [0.1, 0.15) is 11.4 Å². The van der Waals surface area contributed by atoms with E-state index in [1.165, 1.54) is 0 Å². The van der Waals surface area contributed by atoms with Crippen LogP contribution in [0.15, 0.2) is 39.4 Å². The number of thiazole rings is 2. The lowest BCUT2D eigenvalue weighted by Gasteiger charge is -2.03. The van der Waals surface area contributed by atoms with Gasteiger partial charge in [-0.1, -0.05) is 11.8 Å². The Balaban J connectivity index is 1.58. The van der Waals surface area contributed by atoms with Crippen molar-refractivity contribution in [2.24, 2.45) is 0 Å². The van der Waals surface area contributed by atoms with E-state index in [0.717, 1.165) is 38.0 Å². The molecule has 22 heavy (non-hydrogen) atoms. The Hall–Kier alpha value is -1.57. The number of ether oxygens (including phenoxy) is 1. The normalized spacial score (nSPS) is 10.6. The molecule has 7 heteroatoms. The fraction of sp³-hybridized carbons (Fsp3) is 0.200. The van der Waals surface area contributed by atoms with Crippen molar-refractivity contribution in [1.29, 1.82) is 0 Å². The number of aromatic nitrogens is 2. The zero-order chi connectivity index (χ0) is 15.4. The molecule has 0 saturated heterocycles. The smallest absolute Gasteiger partial charge is 0.187 e. The molecule has 0 unspecified atom stereocenters. The number of nitrogens with zero attached hydrogens (tertiary/aromatic N) is 2. The summed E-state index contributed by atoms with van der Waals surface area (Å²) in [6.07, 6.45) is 0. The maximum absolute atomic E-state index is 5.15. The highest BCUT2D eigenvalue weighted by molar-refractivity contribution is 8.00. The number of nitrogens with one attached hydrogen (secondary N) is 1. The second-order valence-corrected chi connectivity index (χ2v) is 7.48. The van der Waals surface area contributed by atoms with Crippen molar-refractivity contribution in [2.75, 3.05) is 12.4 Å². The van der Waals surface area contributed by atoms with Gasteiger partial charge >= 0.3 is 0 Å². The van der Waals surface area contributed by atoms with Crippen LogP contribution in [-0.4, -0.2) is 17.1 Å². The van der Waals surface area contributed by atoms with Crippen LogP contribution in [-0.2, 0) is 5.75 Å². The van der Waals surface area contributed by atoms with E-state index >= 15 is 0 Å². The van der Waals surface area contributed by atoms with Crippen LogP contribution in [0.3, 0.4) is 0 Å². The average molecular weight is 350 g/mol. The molecule has 0 atom stereocenters. The molecule has 0 fully saturated rings. The van der Waals surface area contributed by atoms with Gasteiger partial charge in [-0.3, -0.25) is 0 Å². The van der Waals surface area contributed by atoms with Gasteiger partial charge in [0.15, 0.2) is 5.13 Å². The largest absolute Gasteiger partial charge is 0.497 e. The molecule has 114 valence electrons.